The van der Waals surface area contributed by atoms with Crippen molar-refractivity contribution < 1.29 is 13.2 Å². The Labute approximate surface area is 162 Å². The van der Waals surface area contributed by atoms with Crippen molar-refractivity contribution in [1.29, 1.82) is 0 Å². The summed E-state index contributed by atoms with van der Waals surface area (Å²) in [6.07, 6.45) is 0. The largest absolute Gasteiger partial charge is 0.346 e. The first kappa shape index (κ1) is 21.1. The van der Waals surface area contributed by atoms with Crippen LogP contribution in [-0.4, -0.2) is 31.7 Å². The van der Waals surface area contributed by atoms with Gasteiger partial charge >= 0.3 is 0 Å². The molecule has 0 bridgehead atoms. The molecular weight excluding hydrogens is 360 g/mol. The van der Waals surface area contributed by atoms with Gasteiger partial charge < -0.3 is 5.32 Å². The molecule has 1 N–H and O–H groups in total. The number of hydrogen-bond acceptors (Lipinski definition) is 3. The highest BCUT2D eigenvalue weighted by Gasteiger charge is 2.23. The molecule has 0 aliphatic carbocycles. The molecule has 0 saturated carbocycles. The monoisotopic (exact) mass is 388 g/mol. The lowest BCUT2D eigenvalue weighted by Gasteiger charge is -2.20. The summed E-state index contributed by atoms with van der Waals surface area (Å²) < 4.78 is 26.8. The summed E-state index contributed by atoms with van der Waals surface area (Å²) in [5.41, 5.74) is 3.62. The lowest BCUT2D eigenvalue weighted by atomic mass is 10.00. The van der Waals surface area contributed by atoms with Gasteiger partial charge in [0.2, 0.25) is 10.0 Å². The van der Waals surface area contributed by atoms with Crippen LogP contribution < -0.4 is 5.32 Å². The zero-order valence-electron chi connectivity index (χ0n) is 16.6. The maximum atomic E-state index is 12.7. The summed E-state index contributed by atoms with van der Waals surface area (Å²) in [5, 5.41) is 2.97. The Balaban J connectivity index is 2.26. The van der Waals surface area contributed by atoms with E-state index in [-0.39, 0.29) is 16.8 Å². The molecule has 0 aliphatic heterocycles. The maximum Gasteiger partial charge on any atom is 0.251 e. The minimum atomic E-state index is -3.60. The van der Waals surface area contributed by atoms with E-state index in [9.17, 15) is 13.2 Å². The molecule has 0 fully saturated rings. The number of hydrogen-bond donors (Lipinski definition) is 1. The predicted octanol–water partition coefficient (Wildman–Crippen LogP) is 3.82. The van der Waals surface area contributed by atoms with Crippen LogP contribution >= 0.6 is 0 Å². The number of carbonyl (C=O) groups is 1. The Morgan fingerprint density at radius 1 is 1.07 bits per heavy atom. The van der Waals surface area contributed by atoms with E-state index in [0.29, 0.717) is 18.7 Å². The molecular formula is C21H28N2O3S. The highest BCUT2D eigenvalue weighted by molar-refractivity contribution is 7.89. The standard InChI is InChI=1S/C21H28N2O3S/c1-6-23(7-2)27(25,26)19-10-8-9-18(14-19)21(24)22-17(5)20-13-15(3)11-12-16(20)4/h8-14,17H,6-7H2,1-5H3,(H,22,24). The third-order valence-corrected chi connectivity index (χ3v) is 6.73. The lowest BCUT2D eigenvalue weighted by molar-refractivity contribution is 0.0939. The van der Waals surface area contributed by atoms with Crippen LogP contribution in [0.1, 0.15) is 53.9 Å². The second-order valence-electron chi connectivity index (χ2n) is 6.67. The van der Waals surface area contributed by atoms with Gasteiger partial charge in [-0.25, -0.2) is 8.42 Å². The second-order valence-corrected chi connectivity index (χ2v) is 8.61. The number of nitrogens with zero attached hydrogens (tertiary/aromatic N) is 1. The van der Waals surface area contributed by atoms with Crippen molar-refractivity contribution in [3.63, 3.8) is 0 Å². The van der Waals surface area contributed by atoms with Gasteiger partial charge in [0.05, 0.1) is 10.9 Å². The molecule has 0 heterocycles. The van der Waals surface area contributed by atoms with E-state index in [0.717, 1.165) is 16.7 Å². The lowest BCUT2D eigenvalue weighted by Crippen LogP contribution is -2.31. The summed E-state index contributed by atoms with van der Waals surface area (Å²) in [6, 6.07) is 12.2. The molecule has 6 heteroatoms. The van der Waals surface area contributed by atoms with Crippen LogP contribution in [0.25, 0.3) is 0 Å². The van der Waals surface area contributed by atoms with Crippen molar-refractivity contribution in [2.24, 2.45) is 0 Å². The molecule has 27 heavy (non-hydrogen) atoms. The summed E-state index contributed by atoms with van der Waals surface area (Å²) in [5.74, 6) is -0.292. The first-order chi connectivity index (χ1) is 12.7. The quantitative estimate of drug-likeness (QED) is 0.784. The van der Waals surface area contributed by atoms with Crippen LogP contribution in [0, 0.1) is 13.8 Å². The summed E-state index contributed by atoms with van der Waals surface area (Å²) >= 11 is 0. The van der Waals surface area contributed by atoms with E-state index < -0.39 is 10.0 Å². The van der Waals surface area contributed by atoms with Crippen LogP contribution in [0.3, 0.4) is 0 Å². The molecule has 0 spiro atoms. The number of rotatable bonds is 7. The molecule has 1 amide bonds. The predicted molar refractivity (Wildman–Crippen MR) is 108 cm³/mol. The number of aryl methyl sites for hydroxylation is 2. The van der Waals surface area contributed by atoms with E-state index >= 15 is 0 Å². The Kier molecular flexibility index (Phi) is 6.78. The molecule has 0 aromatic heterocycles. The Morgan fingerprint density at radius 2 is 1.74 bits per heavy atom. The average Bonchev–Trinajstić information content (AvgIpc) is 2.64. The normalized spacial score (nSPS) is 12.8. The molecule has 1 atom stereocenters. The van der Waals surface area contributed by atoms with Gasteiger partial charge in [0.15, 0.2) is 0 Å². The Morgan fingerprint density at radius 3 is 2.37 bits per heavy atom. The molecule has 5 nitrogen and oxygen atoms in total. The van der Waals surface area contributed by atoms with E-state index in [2.05, 4.69) is 11.4 Å². The van der Waals surface area contributed by atoms with Crippen LogP contribution in [-0.2, 0) is 10.0 Å². The van der Waals surface area contributed by atoms with Gasteiger partial charge in [0, 0.05) is 18.7 Å². The van der Waals surface area contributed by atoms with Crippen LogP contribution in [0.2, 0.25) is 0 Å². The van der Waals surface area contributed by atoms with Gasteiger partial charge in [-0.2, -0.15) is 4.31 Å². The number of amides is 1. The Bertz CT molecular complexity index is 919. The average molecular weight is 389 g/mol. The van der Waals surface area contributed by atoms with Crippen LogP contribution in [0.4, 0.5) is 0 Å². The van der Waals surface area contributed by atoms with Gasteiger partial charge in [0.25, 0.3) is 5.91 Å². The fraction of sp³-hybridized carbons (Fsp3) is 0.381. The van der Waals surface area contributed by atoms with Gasteiger partial charge in [-0.1, -0.05) is 43.7 Å². The van der Waals surface area contributed by atoms with E-state index in [1.54, 1.807) is 26.0 Å². The molecule has 2 rings (SSSR count). The van der Waals surface area contributed by atoms with Crippen molar-refractivity contribution in [3.8, 4) is 0 Å². The topological polar surface area (TPSA) is 66.5 Å². The molecule has 2 aromatic rings. The smallest absolute Gasteiger partial charge is 0.251 e. The molecule has 0 saturated heterocycles. The van der Waals surface area contributed by atoms with E-state index in [4.69, 9.17) is 0 Å². The highest BCUT2D eigenvalue weighted by atomic mass is 32.2. The van der Waals surface area contributed by atoms with Gasteiger partial charge in [-0.15, -0.1) is 0 Å². The number of nitrogens with one attached hydrogen (secondary N) is 1. The van der Waals surface area contributed by atoms with Crippen molar-refractivity contribution >= 4 is 15.9 Å². The molecule has 0 radical (unpaired) electrons. The maximum absolute atomic E-state index is 12.7. The first-order valence-corrected chi connectivity index (χ1v) is 10.6. The fourth-order valence-electron chi connectivity index (χ4n) is 3.09. The SMILES string of the molecule is CCN(CC)S(=O)(=O)c1cccc(C(=O)NC(C)c2cc(C)ccc2C)c1. The zero-order chi connectivity index (χ0) is 20.2. The van der Waals surface area contributed by atoms with Gasteiger partial charge in [-0.05, 0) is 50.1 Å². The van der Waals surface area contributed by atoms with Crippen LogP contribution in [0.15, 0.2) is 47.4 Å². The number of sulfonamides is 1. The molecule has 146 valence electrons. The number of carbonyl (C=O) groups excluding carboxylic acids is 1. The minimum absolute atomic E-state index is 0.137. The number of benzene rings is 2. The summed E-state index contributed by atoms with van der Waals surface area (Å²) in [6.45, 7) is 10.3. The first-order valence-electron chi connectivity index (χ1n) is 9.18. The minimum Gasteiger partial charge on any atom is -0.346 e. The highest BCUT2D eigenvalue weighted by Crippen LogP contribution is 2.21. The van der Waals surface area contributed by atoms with Gasteiger partial charge in [0.1, 0.15) is 0 Å². The van der Waals surface area contributed by atoms with Crippen molar-refractivity contribution in [3.05, 3.63) is 64.7 Å². The van der Waals surface area contributed by atoms with Crippen molar-refractivity contribution in [2.45, 2.75) is 45.6 Å². The third kappa shape index (κ3) is 4.76. The summed E-state index contributed by atoms with van der Waals surface area (Å²) in [4.78, 5) is 12.8. The summed E-state index contributed by atoms with van der Waals surface area (Å²) in [7, 11) is -3.60. The third-order valence-electron chi connectivity index (χ3n) is 4.69. The Hall–Kier alpha value is -2.18. The van der Waals surface area contributed by atoms with Gasteiger partial charge in [-0.3, -0.25) is 4.79 Å². The zero-order valence-corrected chi connectivity index (χ0v) is 17.4. The molecule has 0 aliphatic rings. The second kappa shape index (κ2) is 8.67. The molecule has 1 unspecified atom stereocenters. The van der Waals surface area contributed by atoms with Crippen molar-refractivity contribution in [1.82, 2.24) is 9.62 Å². The van der Waals surface area contributed by atoms with E-state index in [1.807, 2.05) is 32.9 Å². The van der Waals surface area contributed by atoms with Crippen LogP contribution in [0.5, 0.6) is 0 Å². The van der Waals surface area contributed by atoms with E-state index in [1.165, 1.54) is 16.4 Å². The van der Waals surface area contributed by atoms with Crippen molar-refractivity contribution in [2.75, 3.05) is 13.1 Å². The molecule has 2 aromatic carbocycles. The fourth-order valence-corrected chi connectivity index (χ4v) is 4.60.